The summed E-state index contributed by atoms with van der Waals surface area (Å²) in [5.41, 5.74) is 2.94. The molecule has 4 heteroatoms. The molecule has 0 spiro atoms. The Morgan fingerprint density at radius 1 is 0.621 bits per heavy atom. The van der Waals surface area contributed by atoms with Gasteiger partial charge >= 0.3 is 6.18 Å². The van der Waals surface area contributed by atoms with Crippen LogP contribution in [0.3, 0.4) is 0 Å². The van der Waals surface area contributed by atoms with Gasteiger partial charge in [0, 0.05) is 11.1 Å². The molecule has 0 saturated carbocycles. The smallest absolute Gasteiger partial charge is 0.309 e. The van der Waals surface area contributed by atoms with Crippen molar-refractivity contribution in [2.24, 2.45) is 0 Å². The van der Waals surface area contributed by atoms with E-state index in [4.69, 9.17) is 0 Å². The molecule has 5 aromatic rings. The molecule has 0 bridgehead atoms. The second-order valence-corrected chi connectivity index (χ2v) is 7.00. The van der Waals surface area contributed by atoms with Gasteiger partial charge in [-0.3, -0.25) is 0 Å². The molecule has 0 atom stereocenters. The maximum atomic E-state index is 13.0. The lowest BCUT2D eigenvalue weighted by molar-refractivity contribution is -0.137. The van der Waals surface area contributed by atoms with E-state index >= 15 is 0 Å². The highest BCUT2D eigenvalue weighted by Gasteiger charge is 2.30. The van der Waals surface area contributed by atoms with Crippen molar-refractivity contribution in [1.29, 1.82) is 0 Å². The molecular weight excluding hydrogens is 371 g/mol. The van der Waals surface area contributed by atoms with Crippen molar-refractivity contribution in [1.82, 2.24) is 4.57 Å². The molecule has 4 aromatic carbocycles. The van der Waals surface area contributed by atoms with Crippen LogP contribution in [0.15, 0.2) is 97.1 Å². The summed E-state index contributed by atoms with van der Waals surface area (Å²) in [4.78, 5) is 0. The van der Waals surface area contributed by atoms with Crippen molar-refractivity contribution < 1.29 is 13.2 Å². The van der Waals surface area contributed by atoms with Crippen LogP contribution in [0.5, 0.6) is 0 Å². The minimum absolute atomic E-state index is 0.644. The first-order valence-electron chi connectivity index (χ1n) is 9.29. The Labute approximate surface area is 165 Å². The van der Waals surface area contributed by atoms with Gasteiger partial charge in [-0.25, -0.2) is 0 Å². The van der Waals surface area contributed by atoms with Gasteiger partial charge < -0.3 is 4.57 Å². The van der Waals surface area contributed by atoms with Gasteiger partial charge in [0.2, 0.25) is 0 Å². The number of para-hydroxylation sites is 1. The molecule has 29 heavy (non-hydrogen) atoms. The Morgan fingerprint density at radius 2 is 1.31 bits per heavy atom. The lowest BCUT2D eigenvalue weighted by Crippen LogP contribution is -2.04. The number of hydrogen-bond acceptors (Lipinski definition) is 0. The Bertz CT molecular complexity index is 1310. The van der Waals surface area contributed by atoms with Crippen molar-refractivity contribution in [2.75, 3.05) is 0 Å². The standard InChI is InChI=1S/C25H16F3N/c26-25(27,28)19-13-10-18(11-14-19)24-16-22-21-9-5-4-6-17(21)12-15-23(22)29(24)20-7-2-1-3-8-20/h1-16H. The fourth-order valence-electron chi connectivity index (χ4n) is 3.86. The lowest BCUT2D eigenvalue weighted by atomic mass is 10.1. The van der Waals surface area contributed by atoms with E-state index in [1.807, 2.05) is 42.5 Å². The van der Waals surface area contributed by atoms with Gasteiger partial charge in [0.05, 0.1) is 16.8 Å². The van der Waals surface area contributed by atoms with E-state index in [-0.39, 0.29) is 0 Å². The van der Waals surface area contributed by atoms with E-state index < -0.39 is 11.7 Å². The SMILES string of the molecule is FC(F)(F)c1ccc(-c2cc3c4ccccc4ccc3n2-c2ccccc2)cc1. The highest BCUT2D eigenvalue weighted by molar-refractivity contribution is 6.09. The zero-order valence-corrected chi connectivity index (χ0v) is 15.3. The van der Waals surface area contributed by atoms with Crippen LogP contribution in [0.4, 0.5) is 13.2 Å². The van der Waals surface area contributed by atoms with Gasteiger partial charge in [0.25, 0.3) is 0 Å². The molecule has 1 heterocycles. The van der Waals surface area contributed by atoms with Crippen molar-refractivity contribution in [3.63, 3.8) is 0 Å². The van der Waals surface area contributed by atoms with Crippen molar-refractivity contribution in [3.8, 4) is 16.9 Å². The van der Waals surface area contributed by atoms with Crippen LogP contribution in [0.2, 0.25) is 0 Å². The van der Waals surface area contributed by atoms with Crippen LogP contribution in [-0.2, 0) is 6.18 Å². The topological polar surface area (TPSA) is 4.93 Å². The van der Waals surface area contributed by atoms with Crippen LogP contribution in [-0.4, -0.2) is 4.57 Å². The summed E-state index contributed by atoms with van der Waals surface area (Å²) in [6.07, 6.45) is -4.35. The van der Waals surface area contributed by atoms with Gasteiger partial charge in [0.1, 0.15) is 0 Å². The Kier molecular flexibility index (Phi) is 3.95. The summed E-state index contributed by atoms with van der Waals surface area (Å²) in [5, 5.41) is 3.32. The van der Waals surface area contributed by atoms with E-state index in [1.54, 1.807) is 12.1 Å². The molecular formula is C25H16F3N. The fraction of sp³-hybridized carbons (Fsp3) is 0.0400. The quantitative estimate of drug-likeness (QED) is 0.296. The molecule has 1 aromatic heterocycles. The predicted octanol–water partition coefficient (Wildman–Crippen LogP) is 7.47. The van der Waals surface area contributed by atoms with Gasteiger partial charge in [-0.05, 0) is 52.7 Å². The first kappa shape index (κ1) is 17.6. The van der Waals surface area contributed by atoms with Gasteiger partial charge in [0.15, 0.2) is 0 Å². The normalized spacial score (nSPS) is 12.0. The third-order valence-corrected chi connectivity index (χ3v) is 5.23. The van der Waals surface area contributed by atoms with Gasteiger partial charge in [-0.2, -0.15) is 13.2 Å². The van der Waals surface area contributed by atoms with E-state index in [0.29, 0.717) is 0 Å². The Balaban J connectivity index is 1.81. The molecule has 0 unspecified atom stereocenters. The van der Waals surface area contributed by atoms with Crippen LogP contribution in [0, 0.1) is 0 Å². The Hall–Kier alpha value is -3.53. The second-order valence-electron chi connectivity index (χ2n) is 7.00. The summed E-state index contributed by atoms with van der Waals surface area (Å²) in [7, 11) is 0. The van der Waals surface area contributed by atoms with E-state index in [2.05, 4.69) is 34.9 Å². The van der Waals surface area contributed by atoms with Crippen molar-refractivity contribution in [2.45, 2.75) is 6.18 Å². The molecule has 142 valence electrons. The fourth-order valence-corrected chi connectivity index (χ4v) is 3.86. The number of nitrogens with zero attached hydrogens (tertiary/aromatic N) is 1. The molecule has 0 aliphatic rings. The van der Waals surface area contributed by atoms with Crippen molar-refractivity contribution >= 4 is 21.7 Å². The van der Waals surface area contributed by atoms with Crippen molar-refractivity contribution in [3.05, 3.63) is 103 Å². The van der Waals surface area contributed by atoms with Gasteiger partial charge in [-0.15, -0.1) is 0 Å². The number of halogens is 3. The van der Waals surface area contributed by atoms with E-state index in [0.717, 1.165) is 50.8 Å². The summed E-state index contributed by atoms with van der Waals surface area (Å²) in [5.74, 6) is 0. The highest BCUT2D eigenvalue weighted by atomic mass is 19.4. The number of rotatable bonds is 2. The maximum Gasteiger partial charge on any atom is 0.416 e. The third kappa shape index (κ3) is 2.97. The molecule has 0 fully saturated rings. The molecule has 0 radical (unpaired) electrons. The maximum absolute atomic E-state index is 13.0. The van der Waals surface area contributed by atoms with E-state index in [1.165, 1.54) is 0 Å². The number of hydrogen-bond donors (Lipinski definition) is 0. The predicted molar refractivity (Wildman–Crippen MR) is 111 cm³/mol. The first-order chi connectivity index (χ1) is 14.0. The molecule has 0 saturated heterocycles. The summed E-state index contributed by atoms with van der Waals surface area (Å²) >= 11 is 0. The molecule has 5 rings (SSSR count). The number of aromatic nitrogens is 1. The monoisotopic (exact) mass is 387 g/mol. The molecule has 0 amide bonds. The number of fused-ring (bicyclic) bond motifs is 3. The number of alkyl halides is 3. The molecule has 0 aliphatic heterocycles. The minimum atomic E-state index is -4.35. The lowest BCUT2D eigenvalue weighted by Gasteiger charge is -2.12. The second kappa shape index (κ2) is 6.52. The zero-order valence-electron chi connectivity index (χ0n) is 15.3. The highest BCUT2D eigenvalue weighted by Crippen LogP contribution is 2.37. The minimum Gasteiger partial charge on any atom is -0.309 e. The summed E-state index contributed by atoms with van der Waals surface area (Å²) in [6, 6.07) is 29.6. The van der Waals surface area contributed by atoms with Crippen LogP contribution < -0.4 is 0 Å². The van der Waals surface area contributed by atoms with E-state index in [9.17, 15) is 13.2 Å². The average molecular weight is 387 g/mol. The first-order valence-corrected chi connectivity index (χ1v) is 9.29. The van der Waals surface area contributed by atoms with Crippen LogP contribution >= 0.6 is 0 Å². The molecule has 0 N–H and O–H groups in total. The number of benzene rings is 4. The average Bonchev–Trinajstić information content (AvgIpc) is 3.14. The summed E-state index contributed by atoms with van der Waals surface area (Å²) < 4.78 is 41.1. The third-order valence-electron chi connectivity index (χ3n) is 5.23. The summed E-state index contributed by atoms with van der Waals surface area (Å²) in [6.45, 7) is 0. The van der Waals surface area contributed by atoms with Gasteiger partial charge in [-0.1, -0.05) is 60.7 Å². The molecule has 0 aliphatic carbocycles. The van der Waals surface area contributed by atoms with Crippen LogP contribution in [0.25, 0.3) is 38.6 Å². The molecule has 1 nitrogen and oxygen atoms in total. The largest absolute Gasteiger partial charge is 0.416 e. The Morgan fingerprint density at radius 3 is 2.03 bits per heavy atom. The zero-order chi connectivity index (χ0) is 20.0. The van der Waals surface area contributed by atoms with Crippen LogP contribution in [0.1, 0.15) is 5.56 Å².